The number of Topliss-reactive ketones (excluding diaryl/α,β-unsaturated/α-hetero) is 1. The summed E-state index contributed by atoms with van der Waals surface area (Å²) in [4.78, 5) is 36.6. The van der Waals surface area contributed by atoms with Crippen LogP contribution in [0.3, 0.4) is 0 Å². The Bertz CT molecular complexity index is 683. The molecule has 134 valence electrons. The van der Waals surface area contributed by atoms with Gasteiger partial charge in [-0.05, 0) is 38.1 Å². The minimum Gasteiger partial charge on any atom is -0.497 e. The van der Waals surface area contributed by atoms with Crippen LogP contribution in [0, 0.1) is 5.92 Å². The highest BCUT2D eigenvalue weighted by atomic mass is 16.5. The van der Waals surface area contributed by atoms with E-state index in [0.29, 0.717) is 11.4 Å². The van der Waals surface area contributed by atoms with E-state index < -0.39 is 29.4 Å². The van der Waals surface area contributed by atoms with Gasteiger partial charge in [0.25, 0.3) is 0 Å². The topological polar surface area (TPSA) is 94.5 Å². The molecule has 1 heterocycles. The first-order valence-corrected chi connectivity index (χ1v) is 7.89. The lowest BCUT2D eigenvalue weighted by Gasteiger charge is -2.28. The number of hydrogen-bond donors (Lipinski definition) is 0. The van der Waals surface area contributed by atoms with Gasteiger partial charge in [0.2, 0.25) is 11.5 Å². The molecule has 0 radical (unpaired) electrons. The number of esters is 2. The van der Waals surface area contributed by atoms with Crippen molar-refractivity contribution in [3.05, 3.63) is 24.3 Å². The van der Waals surface area contributed by atoms with Crippen molar-refractivity contribution in [2.24, 2.45) is 11.0 Å². The summed E-state index contributed by atoms with van der Waals surface area (Å²) >= 11 is 0. The van der Waals surface area contributed by atoms with Gasteiger partial charge < -0.3 is 14.2 Å². The zero-order valence-corrected chi connectivity index (χ0v) is 14.4. The summed E-state index contributed by atoms with van der Waals surface area (Å²) in [5.74, 6) is -2.74. The summed E-state index contributed by atoms with van der Waals surface area (Å²) in [5, 5.41) is 5.49. The number of nitrogens with zero attached hydrogens (tertiary/aromatic N) is 2. The van der Waals surface area contributed by atoms with Gasteiger partial charge in [-0.3, -0.25) is 14.6 Å². The fourth-order valence-corrected chi connectivity index (χ4v) is 2.31. The number of anilines is 1. The zero-order chi connectivity index (χ0) is 18.4. The van der Waals surface area contributed by atoms with E-state index in [1.54, 1.807) is 45.2 Å². The van der Waals surface area contributed by atoms with Crippen molar-refractivity contribution in [3.8, 4) is 5.75 Å². The number of carbonyl (C=O) groups excluding carboxylic acids is 3. The largest absolute Gasteiger partial charge is 0.497 e. The predicted octanol–water partition coefficient (Wildman–Crippen LogP) is 1.18. The Morgan fingerprint density at radius 2 is 1.80 bits per heavy atom. The second kappa shape index (κ2) is 8.27. The van der Waals surface area contributed by atoms with Gasteiger partial charge in [0.1, 0.15) is 11.7 Å². The molecule has 1 aromatic carbocycles. The average molecular weight is 348 g/mol. The summed E-state index contributed by atoms with van der Waals surface area (Å²) in [7, 11) is 1.54. The van der Waals surface area contributed by atoms with Crippen LogP contribution in [0.15, 0.2) is 29.4 Å². The van der Waals surface area contributed by atoms with Crippen LogP contribution in [0.25, 0.3) is 0 Å². The van der Waals surface area contributed by atoms with Crippen LogP contribution in [0.2, 0.25) is 0 Å². The molecule has 1 unspecified atom stereocenters. The third-order valence-corrected chi connectivity index (χ3v) is 3.54. The molecule has 1 aliphatic rings. The van der Waals surface area contributed by atoms with Gasteiger partial charge in [0.15, 0.2) is 0 Å². The quantitative estimate of drug-likeness (QED) is 0.563. The Labute approximate surface area is 145 Å². The summed E-state index contributed by atoms with van der Waals surface area (Å²) in [5.41, 5.74) is 0.186. The molecule has 0 fully saturated rings. The minimum absolute atomic E-state index is 0.0209. The van der Waals surface area contributed by atoms with Gasteiger partial charge >= 0.3 is 11.9 Å². The number of methoxy groups -OCH3 is 1. The molecule has 0 saturated heterocycles. The summed E-state index contributed by atoms with van der Waals surface area (Å²) in [6.45, 7) is 3.48. The van der Waals surface area contributed by atoms with Crippen LogP contribution in [-0.2, 0) is 23.9 Å². The molecule has 0 bridgehead atoms. The van der Waals surface area contributed by atoms with E-state index in [9.17, 15) is 14.4 Å². The van der Waals surface area contributed by atoms with Crippen LogP contribution in [0.4, 0.5) is 5.69 Å². The van der Waals surface area contributed by atoms with Gasteiger partial charge in [-0.25, -0.2) is 4.79 Å². The second-order valence-electron chi connectivity index (χ2n) is 5.12. The SMILES string of the molecule is CCOC(=O)C1=NN(c2ccc(OC)cc2)CC(C(=O)OCC)C1=O. The van der Waals surface area contributed by atoms with Gasteiger partial charge in [-0.15, -0.1) is 0 Å². The van der Waals surface area contributed by atoms with E-state index in [4.69, 9.17) is 14.2 Å². The molecule has 2 rings (SSSR count). The lowest BCUT2D eigenvalue weighted by Crippen LogP contribution is -2.47. The third kappa shape index (κ3) is 4.14. The monoisotopic (exact) mass is 348 g/mol. The lowest BCUT2D eigenvalue weighted by molar-refractivity contribution is -0.150. The molecular weight excluding hydrogens is 328 g/mol. The number of carbonyl (C=O) groups is 3. The van der Waals surface area contributed by atoms with E-state index in [0.717, 1.165) is 0 Å². The molecule has 0 saturated carbocycles. The van der Waals surface area contributed by atoms with Crippen molar-refractivity contribution in [2.75, 3.05) is 31.9 Å². The third-order valence-electron chi connectivity index (χ3n) is 3.54. The molecule has 25 heavy (non-hydrogen) atoms. The van der Waals surface area contributed by atoms with Crippen LogP contribution < -0.4 is 9.75 Å². The number of hydrazone groups is 1. The van der Waals surface area contributed by atoms with Crippen molar-refractivity contribution < 1.29 is 28.6 Å². The smallest absolute Gasteiger partial charge is 0.362 e. The number of rotatable bonds is 6. The molecule has 1 aliphatic heterocycles. The van der Waals surface area contributed by atoms with Crippen molar-refractivity contribution in [1.82, 2.24) is 0 Å². The standard InChI is InChI=1S/C17H20N2O6/c1-4-24-16(21)13-10-19(11-6-8-12(23-3)9-7-11)18-14(15(13)20)17(22)25-5-2/h6-9,13H,4-5,10H2,1-3H3. The normalized spacial score (nSPS) is 16.9. The fourth-order valence-electron chi connectivity index (χ4n) is 2.31. The molecule has 0 aliphatic carbocycles. The van der Waals surface area contributed by atoms with Gasteiger partial charge in [-0.1, -0.05) is 0 Å². The molecule has 1 aromatic rings. The van der Waals surface area contributed by atoms with Crippen LogP contribution in [0.1, 0.15) is 13.8 Å². The summed E-state index contributed by atoms with van der Waals surface area (Å²) in [6.07, 6.45) is 0. The molecule has 0 spiro atoms. The molecule has 0 N–H and O–H groups in total. The Morgan fingerprint density at radius 3 is 2.36 bits per heavy atom. The van der Waals surface area contributed by atoms with Crippen LogP contribution >= 0.6 is 0 Å². The lowest BCUT2D eigenvalue weighted by atomic mass is 9.98. The van der Waals surface area contributed by atoms with Gasteiger partial charge in [-0.2, -0.15) is 5.10 Å². The summed E-state index contributed by atoms with van der Waals surface area (Å²) < 4.78 is 14.9. The Hall–Kier alpha value is -2.90. The molecule has 0 amide bonds. The van der Waals surface area contributed by atoms with Gasteiger partial charge in [0.05, 0.1) is 32.6 Å². The Balaban J connectivity index is 2.37. The highest BCUT2D eigenvalue weighted by Gasteiger charge is 2.41. The molecular formula is C17H20N2O6. The average Bonchev–Trinajstić information content (AvgIpc) is 2.62. The highest BCUT2D eigenvalue weighted by molar-refractivity contribution is 6.66. The van der Waals surface area contributed by atoms with E-state index in [1.165, 1.54) is 5.01 Å². The van der Waals surface area contributed by atoms with E-state index >= 15 is 0 Å². The highest BCUT2D eigenvalue weighted by Crippen LogP contribution is 2.24. The van der Waals surface area contributed by atoms with E-state index in [-0.39, 0.29) is 19.8 Å². The molecule has 0 aromatic heterocycles. The maximum Gasteiger partial charge on any atom is 0.362 e. The van der Waals surface area contributed by atoms with Crippen LogP contribution in [0.5, 0.6) is 5.75 Å². The van der Waals surface area contributed by atoms with E-state index in [2.05, 4.69) is 5.10 Å². The molecule has 1 atom stereocenters. The number of benzene rings is 1. The Kier molecular flexibility index (Phi) is 6.10. The number of hydrogen-bond acceptors (Lipinski definition) is 8. The van der Waals surface area contributed by atoms with Crippen molar-refractivity contribution in [3.63, 3.8) is 0 Å². The van der Waals surface area contributed by atoms with Crippen LogP contribution in [-0.4, -0.2) is 50.3 Å². The maximum absolute atomic E-state index is 12.5. The number of ketones is 1. The van der Waals surface area contributed by atoms with Gasteiger partial charge in [0, 0.05) is 0 Å². The minimum atomic E-state index is -1.14. The Morgan fingerprint density at radius 1 is 1.16 bits per heavy atom. The van der Waals surface area contributed by atoms with Crippen molar-refractivity contribution in [2.45, 2.75) is 13.8 Å². The first-order valence-electron chi connectivity index (χ1n) is 7.89. The first-order chi connectivity index (χ1) is 12.0. The first kappa shape index (κ1) is 18.4. The zero-order valence-electron chi connectivity index (χ0n) is 14.4. The van der Waals surface area contributed by atoms with Crippen molar-refractivity contribution >= 4 is 29.1 Å². The predicted molar refractivity (Wildman–Crippen MR) is 89.5 cm³/mol. The van der Waals surface area contributed by atoms with Crippen molar-refractivity contribution in [1.29, 1.82) is 0 Å². The van der Waals surface area contributed by atoms with E-state index in [1.807, 2.05) is 0 Å². The second-order valence-corrected chi connectivity index (χ2v) is 5.12. The summed E-state index contributed by atoms with van der Waals surface area (Å²) in [6, 6.07) is 6.85. The fraction of sp³-hybridized carbons (Fsp3) is 0.412. The maximum atomic E-state index is 12.5. The molecule has 8 heteroatoms. The molecule has 8 nitrogen and oxygen atoms in total. The number of ether oxygens (including phenoxy) is 3.